The number of hydrogen-bond donors (Lipinski definition) is 2. The number of aromatic carboxylic acids is 1. The van der Waals surface area contributed by atoms with Gasteiger partial charge in [0.15, 0.2) is 5.75 Å². The van der Waals surface area contributed by atoms with Gasteiger partial charge in [0.2, 0.25) is 0 Å². The molecule has 72 valence electrons. The van der Waals surface area contributed by atoms with Crippen molar-refractivity contribution >= 4 is 11.7 Å². The lowest BCUT2D eigenvalue weighted by Gasteiger charge is -2.08. The van der Waals surface area contributed by atoms with Crippen molar-refractivity contribution in [1.82, 2.24) is 0 Å². The Bertz CT molecular complexity index is 421. The van der Waals surface area contributed by atoms with Crippen LogP contribution < -0.4 is 10.5 Å². The lowest BCUT2D eigenvalue weighted by molar-refractivity contribution is 0.0694. The zero-order chi connectivity index (χ0) is 10.7. The minimum Gasteiger partial charge on any atom is -0.494 e. The van der Waals surface area contributed by atoms with Crippen LogP contribution in [0.5, 0.6) is 5.75 Å². The van der Waals surface area contributed by atoms with E-state index in [0.717, 1.165) is 0 Å². The van der Waals surface area contributed by atoms with Crippen LogP contribution in [-0.2, 0) is 0 Å². The van der Waals surface area contributed by atoms with Gasteiger partial charge in [0, 0.05) is 0 Å². The first-order valence-electron chi connectivity index (χ1n) is 3.71. The summed E-state index contributed by atoms with van der Waals surface area (Å²) in [6, 6.07) is 4.61. The number of carbonyl (C=O) groups is 1. The van der Waals surface area contributed by atoms with Gasteiger partial charge in [0.1, 0.15) is 11.6 Å². The Morgan fingerprint density at radius 2 is 2.29 bits per heavy atom. The Kier molecular flexibility index (Phi) is 2.58. The number of carboxylic acids is 1. The summed E-state index contributed by atoms with van der Waals surface area (Å²) in [7, 11) is 1.29. The third-order valence-corrected chi connectivity index (χ3v) is 1.73. The monoisotopic (exact) mass is 192 g/mol. The highest BCUT2D eigenvalue weighted by Crippen LogP contribution is 2.28. The minimum atomic E-state index is -1.21. The van der Waals surface area contributed by atoms with E-state index in [1.54, 1.807) is 0 Å². The van der Waals surface area contributed by atoms with Crippen molar-refractivity contribution < 1.29 is 14.6 Å². The molecular formula is C9H8N2O3. The molecule has 1 rings (SSSR count). The van der Waals surface area contributed by atoms with Crippen LogP contribution in [0.3, 0.4) is 0 Å². The van der Waals surface area contributed by atoms with Crippen LogP contribution in [0.25, 0.3) is 0 Å². The van der Waals surface area contributed by atoms with Crippen molar-refractivity contribution in [1.29, 1.82) is 5.26 Å². The lowest BCUT2D eigenvalue weighted by Crippen LogP contribution is -2.06. The van der Waals surface area contributed by atoms with Gasteiger partial charge in [-0.1, -0.05) is 0 Å². The van der Waals surface area contributed by atoms with Gasteiger partial charge in [-0.05, 0) is 12.1 Å². The van der Waals surface area contributed by atoms with Crippen molar-refractivity contribution in [3.05, 3.63) is 23.3 Å². The summed E-state index contributed by atoms with van der Waals surface area (Å²) in [6.07, 6.45) is 0. The van der Waals surface area contributed by atoms with Crippen molar-refractivity contribution in [3.8, 4) is 11.8 Å². The first-order valence-corrected chi connectivity index (χ1v) is 3.71. The number of nitrogens with two attached hydrogens (primary N) is 1. The number of nitrogens with zero attached hydrogens (tertiary/aromatic N) is 1. The highest BCUT2D eigenvalue weighted by Gasteiger charge is 2.18. The van der Waals surface area contributed by atoms with Crippen LogP contribution in [0.4, 0.5) is 5.69 Å². The summed E-state index contributed by atoms with van der Waals surface area (Å²) in [5, 5.41) is 17.5. The fourth-order valence-corrected chi connectivity index (χ4v) is 1.12. The van der Waals surface area contributed by atoms with E-state index in [9.17, 15) is 4.79 Å². The number of methoxy groups -OCH3 is 1. The average Bonchev–Trinajstić information content (AvgIpc) is 2.16. The maximum Gasteiger partial charge on any atom is 0.341 e. The summed E-state index contributed by atoms with van der Waals surface area (Å²) >= 11 is 0. The highest BCUT2D eigenvalue weighted by atomic mass is 16.5. The van der Waals surface area contributed by atoms with E-state index in [1.807, 2.05) is 6.07 Å². The Morgan fingerprint density at radius 1 is 1.64 bits per heavy atom. The molecule has 1 aromatic rings. The van der Waals surface area contributed by atoms with E-state index in [1.165, 1.54) is 19.2 Å². The molecule has 0 aliphatic rings. The zero-order valence-electron chi connectivity index (χ0n) is 7.44. The molecule has 0 aliphatic heterocycles. The molecule has 0 bridgehead atoms. The first-order chi connectivity index (χ1) is 6.61. The van der Waals surface area contributed by atoms with Gasteiger partial charge in [-0.3, -0.25) is 0 Å². The van der Waals surface area contributed by atoms with Crippen LogP contribution in [0, 0.1) is 11.3 Å². The fraction of sp³-hybridized carbons (Fsp3) is 0.111. The number of ether oxygens (including phenoxy) is 1. The topological polar surface area (TPSA) is 96.3 Å². The third kappa shape index (κ3) is 1.45. The van der Waals surface area contributed by atoms with Gasteiger partial charge < -0.3 is 15.6 Å². The highest BCUT2D eigenvalue weighted by molar-refractivity contribution is 5.97. The normalized spacial score (nSPS) is 9.14. The van der Waals surface area contributed by atoms with Crippen LogP contribution in [-0.4, -0.2) is 18.2 Å². The summed E-state index contributed by atoms with van der Waals surface area (Å²) in [6.45, 7) is 0. The van der Waals surface area contributed by atoms with Crippen molar-refractivity contribution in [2.75, 3.05) is 12.8 Å². The number of anilines is 1. The number of carboxylic acid groups (broad SMARTS) is 1. The van der Waals surface area contributed by atoms with Crippen molar-refractivity contribution in [2.45, 2.75) is 0 Å². The quantitative estimate of drug-likeness (QED) is 0.677. The molecule has 0 saturated carbocycles. The summed E-state index contributed by atoms with van der Waals surface area (Å²) in [5.74, 6) is -1.21. The second-order valence-electron chi connectivity index (χ2n) is 2.53. The third-order valence-electron chi connectivity index (χ3n) is 1.73. The number of nitrogen functional groups attached to an aromatic ring is 1. The van der Waals surface area contributed by atoms with Gasteiger partial charge in [0.05, 0.1) is 18.4 Å². The number of nitriles is 1. The van der Waals surface area contributed by atoms with Crippen LogP contribution in [0.15, 0.2) is 12.1 Å². The first kappa shape index (κ1) is 9.86. The number of hydrogen-bond acceptors (Lipinski definition) is 4. The summed E-state index contributed by atoms with van der Waals surface area (Å²) in [5.41, 5.74) is 5.51. The van der Waals surface area contributed by atoms with E-state index >= 15 is 0 Å². The molecule has 5 heteroatoms. The molecule has 0 aromatic heterocycles. The molecule has 0 fully saturated rings. The average molecular weight is 192 g/mol. The molecule has 5 nitrogen and oxygen atoms in total. The molecule has 0 atom stereocenters. The molecular weight excluding hydrogens is 184 g/mol. The van der Waals surface area contributed by atoms with Gasteiger partial charge in [-0.2, -0.15) is 5.26 Å². The molecule has 0 amide bonds. The van der Waals surface area contributed by atoms with Gasteiger partial charge in [0.25, 0.3) is 0 Å². The predicted molar refractivity (Wildman–Crippen MR) is 49.1 cm³/mol. The van der Waals surface area contributed by atoms with Crippen LogP contribution in [0.1, 0.15) is 15.9 Å². The largest absolute Gasteiger partial charge is 0.494 e. The molecule has 3 N–H and O–H groups in total. The van der Waals surface area contributed by atoms with E-state index in [0.29, 0.717) is 0 Å². The molecule has 0 heterocycles. The molecule has 0 spiro atoms. The Balaban J connectivity index is 3.53. The van der Waals surface area contributed by atoms with Gasteiger partial charge in [-0.25, -0.2) is 4.79 Å². The van der Waals surface area contributed by atoms with Gasteiger partial charge >= 0.3 is 5.97 Å². The second-order valence-corrected chi connectivity index (χ2v) is 2.53. The summed E-state index contributed by atoms with van der Waals surface area (Å²) in [4.78, 5) is 10.8. The van der Waals surface area contributed by atoms with Gasteiger partial charge in [-0.15, -0.1) is 0 Å². The number of rotatable bonds is 2. The lowest BCUT2D eigenvalue weighted by atomic mass is 10.1. The molecule has 0 saturated heterocycles. The van der Waals surface area contributed by atoms with Crippen LogP contribution >= 0.6 is 0 Å². The molecule has 0 radical (unpaired) electrons. The fourth-order valence-electron chi connectivity index (χ4n) is 1.12. The minimum absolute atomic E-state index is 0.000000000000000222. The number of benzene rings is 1. The van der Waals surface area contributed by atoms with E-state index < -0.39 is 5.97 Å². The SMILES string of the molecule is COc1c(C#N)ccc(N)c1C(=O)O. The van der Waals surface area contributed by atoms with E-state index in [4.69, 9.17) is 20.8 Å². The molecule has 14 heavy (non-hydrogen) atoms. The van der Waals surface area contributed by atoms with E-state index in [-0.39, 0.29) is 22.6 Å². The Morgan fingerprint density at radius 3 is 2.71 bits per heavy atom. The molecule has 1 aromatic carbocycles. The molecule has 0 aliphatic carbocycles. The zero-order valence-corrected chi connectivity index (χ0v) is 7.44. The molecule has 0 unspecified atom stereocenters. The van der Waals surface area contributed by atoms with Crippen molar-refractivity contribution in [3.63, 3.8) is 0 Å². The van der Waals surface area contributed by atoms with E-state index in [2.05, 4.69) is 0 Å². The Labute approximate surface area is 80.3 Å². The predicted octanol–water partition coefficient (Wildman–Crippen LogP) is 0.847. The van der Waals surface area contributed by atoms with Crippen LogP contribution in [0.2, 0.25) is 0 Å². The van der Waals surface area contributed by atoms with Crippen molar-refractivity contribution in [2.24, 2.45) is 0 Å². The smallest absolute Gasteiger partial charge is 0.341 e. The second kappa shape index (κ2) is 3.66. The maximum absolute atomic E-state index is 10.8. The summed E-state index contributed by atoms with van der Waals surface area (Å²) < 4.78 is 4.83. The standard InChI is InChI=1S/C9H8N2O3/c1-14-8-5(4-10)2-3-6(11)7(8)9(12)13/h2-3H,11H2,1H3,(H,12,13). The maximum atomic E-state index is 10.8. The Hall–Kier alpha value is -2.22.